The summed E-state index contributed by atoms with van der Waals surface area (Å²) in [5, 5.41) is 0.760. The lowest BCUT2D eigenvalue weighted by atomic mass is 10.2. The lowest BCUT2D eigenvalue weighted by Gasteiger charge is -2.04. The molecular formula is C9H9Cl2NO2. The summed E-state index contributed by atoms with van der Waals surface area (Å²) in [6, 6.07) is 4.62. The highest BCUT2D eigenvalue weighted by Gasteiger charge is 2.07. The number of amides is 1. The quantitative estimate of drug-likeness (QED) is 0.816. The van der Waals surface area contributed by atoms with Gasteiger partial charge in [-0.1, -0.05) is 23.2 Å². The second-order valence-corrected chi connectivity index (χ2v) is 3.31. The molecule has 0 bridgehead atoms. The highest BCUT2D eigenvalue weighted by molar-refractivity contribution is 6.42. The minimum absolute atomic E-state index is 0.342. The normalized spacial score (nSPS) is 9.93. The van der Waals surface area contributed by atoms with Crippen LogP contribution in [0.4, 0.5) is 0 Å². The smallest absolute Gasteiger partial charge is 0.274 e. The Hall–Kier alpha value is -0.770. The first-order chi connectivity index (χ1) is 6.65. The molecule has 0 fully saturated rings. The number of rotatable bonds is 3. The van der Waals surface area contributed by atoms with Gasteiger partial charge in [0.2, 0.25) is 0 Å². The zero-order valence-corrected chi connectivity index (χ0v) is 9.02. The highest BCUT2D eigenvalue weighted by atomic mass is 35.5. The number of carbonyl (C=O) groups excluding carboxylic acids is 1. The van der Waals surface area contributed by atoms with Crippen molar-refractivity contribution in [2.75, 3.05) is 6.61 Å². The molecule has 0 aliphatic heterocycles. The predicted molar refractivity (Wildman–Crippen MR) is 55.6 cm³/mol. The van der Waals surface area contributed by atoms with Crippen molar-refractivity contribution in [3.05, 3.63) is 33.8 Å². The van der Waals surface area contributed by atoms with Crippen LogP contribution < -0.4 is 5.48 Å². The first-order valence-electron chi connectivity index (χ1n) is 4.02. The summed E-state index contributed by atoms with van der Waals surface area (Å²) in [6.45, 7) is 2.18. The number of hydroxylamine groups is 1. The molecule has 76 valence electrons. The van der Waals surface area contributed by atoms with Crippen molar-refractivity contribution in [3.63, 3.8) is 0 Å². The zero-order valence-electron chi connectivity index (χ0n) is 7.51. The summed E-state index contributed by atoms with van der Waals surface area (Å²) < 4.78 is 0. The van der Waals surface area contributed by atoms with Crippen LogP contribution in [0.5, 0.6) is 0 Å². The second-order valence-electron chi connectivity index (χ2n) is 2.49. The van der Waals surface area contributed by atoms with Crippen LogP contribution in [0, 0.1) is 0 Å². The third-order valence-corrected chi connectivity index (χ3v) is 2.23. The molecule has 5 heteroatoms. The van der Waals surface area contributed by atoms with Crippen LogP contribution >= 0.6 is 23.2 Å². The molecule has 0 unspecified atom stereocenters. The van der Waals surface area contributed by atoms with Gasteiger partial charge in [0.25, 0.3) is 5.91 Å². The van der Waals surface area contributed by atoms with Crippen LogP contribution in [0.25, 0.3) is 0 Å². The number of nitrogens with one attached hydrogen (secondary N) is 1. The van der Waals surface area contributed by atoms with E-state index in [1.54, 1.807) is 19.1 Å². The molecule has 0 spiro atoms. The second kappa shape index (κ2) is 5.20. The molecule has 1 rings (SSSR count). The minimum Gasteiger partial charge on any atom is -0.274 e. The van der Waals surface area contributed by atoms with E-state index in [4.69, 9.17) is 28.0 Å². The van der Waals surface area contributed by atoms with E-state index in [0.717, 1.165) is 0 Å². The van der Waals surface area contributed by atoms with Crippen molar-refractivity contribution in [2.24, 2.45) is 0 Å². The van der Waals surface area contributed by atoms with Crippen LogP contribution in [-0.4, -0.2) is 12.5 Å². The standard InChI is InChI=1S/C9H9Cl2NO2/c1-2-14-12-9(13)6-3-4-7(10)8(11)5-6/h3-5H,2H2,1H3,(H,12,13). The number of hydrogen-bond acceptors (Lipinski definition) is 2. The molecule has 14 heavy (non-hydrogen) atoms. The summed E-state index contributed by atoms with van der Waals surface area (Å²) in [7, 11) is 0. The van der Waals surface area contributed by atoms with E-state index in [1.807, 2.05) is 0 Å². The zero-order chi connectivity index (χ0) is 10.6. The average Bonchev–Trinajstić information content (AvgIpc) is 2.18. The molecule has 0 radical (unpaired) electrons. The van der Waals surface area contributed by atoms with Crippen LogP contribution in [0.3, 0.4) is 0 Å². The lowest BCUT2D eigenvalue weighted by molar-refractivity contribution is 0.0364. The molecule has 1 aromatic rings. The monoisotopic (exact) mass is 233 g/mol. The fourth-order valence-corrected chi connectivity index (χ4v) is 1.13. The fraction of sp³-hybridized carbons (Fsp3) is 0.222. The molecule has 0 saturated carbocycles. The molecule has 1 N–H and O–H groups in total. The molecule has 0 saturated heterocycles. The molecule has 1 amide bonds. The van der Waals surface area contributed by atoms with Gasteiger partial charge < -0.3 is 0 Å². The lowest BCUT2D eigenvalue weighted by Crippen LogP contribution is -2.23. The van der Waals surface area contributed by atoms with Gasteiger partial charge in [0.15, 0.2) is 0 Å². The third-order valence-electron chi connectivity index (χ3n) is 1.49. The Bertz CT molecular complexity index is 342. The summed E-state index contributed by atoms with van der Waals surface area (Å²) in [5.74, 6) is -0.342. The Morgan fingerprint density at radius 1 is 1.43 bits per heavy atom. The van der Waals surface area contributed by atoms with Gasteiger partial charge in [0.05, 0.1) is 16.7 Å². The van der Waals surface area contributed by atoms with E-state index in [2.05, 4.69) is 5.48 Å². The largest absolute Gasteiger partial charge is 0.274 e. The molecule has 0 heterocycles. The first kappa shape index (κ1) is 11.3. The van der Waals surface area contributed by atoms with Gasteiger partial charge in [-0.25, -0.2) is 5.48 Å². The Morgan fingerprint density at radius 2 is 2.14 bits per heavy atom. The van der Waals surface area contributed by atoms with E-state index < -0.39 is 0 Å². The summed E-state index contributed by atoms with van der Waals surface area (Å²) in [6.07, 6.45) is 0. The highest BCUT2D eigenvalue weighted by Crippen LogP contribution is 2.22. The van der Waals surface area contributed by atoms with Crippen molar-refractivity contribution in [2.45, 2.75) is 6.92 Å². The average molecular weight is 234 g/mol. The number of hydrogen-bond donors (Lipinski definition) is 1. The predicted octanol–water partition coefficient (Wildman–Crippen LogP) is 2.67. The van der Waals surface area contributed by atoms with Gasteiger partial charge in [-0.2, -0.15) is 0 Å². The third kappa shape index (κ3) is 2.87. The number of carbonyl (C=O) groups is 1. The van der Waals surface area contributed by atoms with Gasteiger partial charge in [-0.15, -0.1) is 0 Å². The molecule has 0 aliphatic rings. The van der Waals surface area contributed by atoms with E-state index in [-0.39, 0.29) is 5.91 Å². The van der Waals surface area contributed by atoms with Gasteiger partial charge in [0, 0.05) is 5.56 Å². The molecular weight excluding hydrogens is 225 g/mol. The van der Waals surface area contributed by atoms with Crippen molar-refractivity contribution in [1.29, 1.82) is 0 Å². The van der Waals surface area contributed by atoms with Crippen molar-refractivity contribution in [1.82, 2.24) is 5.48 Å². The SMILES string of the molecule is CCONC(=O)c1ccc(Cl)c(Cl)c1. The summed E-state index contributed by atoms with van der Waals surface area (Å²) in [4.78, 5) is 16.1. The maximum atomic E-state index is 11.3. The maximum Gasteiger partial charge on any atom is 0.274 e. The minimum atomic E-state index is -0.342. The molecule has 0 aromatic heterocycles. The van der Waals surface area contributed by atoms with Gasteiger partial charge in [-0.05, 0) is 25.1 Å². The first-order valence-corrected chi connectivity index (χ1v) is 4.78. The van der Waals surface area contributed by atoms with E-state index >= 15 is 0 Å². The van der Waals surface area contributed by atoms with E-state index in [0.29, 0.717) is 22.2 Å². The number of benzene rings is 1. The van der Waals surface area contributed by atoms with Crippen LogP contribution in [0.1, 0.15) is 17.3 Å². The van der Waals surface area contributed by atoms with Crippen LogP contribution in [0.15, 0.2) is 18.2 Å². The van der Waals surface area contributed by atoms with E-state index in [9.17, 15) is 4.79 Å². The van der Waals surface area contributed by atoms with Gasteiger partial charge >= 0.3 is 0 Å². The van der Waals surface area contributed by atoms with Crippen LogP contribution in [-0.2, 0) is 4.84 Å². The Labute approximate surface area is 91.9 Å². The number of halogens is 2. The van der Waals surface area contributed by atoms with Gasteiger partial charge in [-0.3, -0.25) is 9.63 Å². The Balaban J connectivity index is 2.76. The van der Waals surface area contributed by atoms with Gasteiger partial charge in [0.1, 0.15) is 0 Å². The fourth-order valence-electron chi connectivity index (χ4n) is 0.834. The Kier molecular flexibility index (Phi) is 4.20. The summed E-state index contributed by atoms with van der Waals surface area (Å²) >= 11 is 11.4. The molecule has 0 aliphatic carbocycles. The topological polar surface area (TPSA) is 38.3 Å². The van der Waals surface area contributed by atoms with Crippen molar-refractivity contribution < 1.29 is 9.63 Å². The molecule has 0 atom stereocenters. The maximum absolute atomic E-state index is 11.3. The molecule has 3 nitrogen and oxygen atoms in total. The van der Waals surface area contributed by atoms with Crippen molar-refractivity contribution >= 4 is 29.1 Å². The molecule has 1 aromatic carbocycles. The van der Waals surface area contributed by atoms with E-state index in [1.165, 1.54) is 6.07 Å². The van der Waals surface area contributed by atoms with Crippen molar-refractivity contribution in [3.8, 4) is 0 Å². The van der Waals surface area contributed by atoms with Crippen LogP contribution in [0.2, 0.25) is 10.0 Å². The Morgan fingerprint density at radius 3 is 2.71 bits per heavy atom. The summed E-state index contributed by atoms with van der Waals surface area (Å²) in [5.41, 5.74) is 2.66.